The monoisotopic (exact) mass is 236 g/mol. The van der Waals surface area contributed by atoms with E-state index in [0.29, 0.717) is 16.1 Å². The van der Waals surface area contributed by atoms with Gasteiger partial charge in [0.25, 0.3) is 5.91 Å². The van der Waals surface area contributed by atoms with Crippen molar-refractivity contribution in [3.05, 3.63) is 41.0 Å². The Bertz CT molecular complexity index is 533. The Kier molecular flexibility index (Phi) is 2.62. The fourth-order valence-electron chi connectivity index (χ4n) is 1.47. The number of rotatable bonds is 2. The van der Waals surface area contributed by atoms with Crippen molar-refractivity contribution < 1.29 is 9.18 Å². The lowest BCUT2D eigenvalue weighted by molar-refractivity contribution is 0.100. The Morgan fingerprint density at radius 3 is 2.44 bits per heavy atom. The number of amides is 1. The first-order valence-electron chi connectivity index (χ1n) is 4.52. The molecule has 16 heavy (non-hydrogen) atoms. The van der Waals surface area contributed by atoms with Crippen molar-refractivity contribution in [3.8, 4) is 11.1 Å². The van der Waals surface area contributed by atoms with Crippen molar-refractivity contribution in [2.24, 2.45) is 5.73 Å². The highest BCUT2D eigenvalue weighted by Crippen LogP contribution is 2.33. The fraction of sp³-hybridized carbons (Fsp3) is 0. The van der Waals surface area contributed by atoms with Gasteiger partial charge in [0.2, 0.25) is 0 Å². The van der Waals surface area contributed by atoms with Gasteiger partial charge in [-0.1, -0.05) is 12.1 Å². The van der Waals surface area contributed by atoms with Gasteiger partial charge in [0.15, 0.2) is 0 Å². The van der Waals surface area contributed by atoms with Crippen molar-refractivity contribution >= 4 is 22.2 Å². The summed E-state index contributed by atoms with van der Waals surface area (Å²) in [5, 5.41) is 2.12. The largest absolute Gasteiger partial charge is 0.390 e. The molecule has 1 aromatic heterocycles. The molecule has 0 aliphatic heterocycles. The number of nitrogen functional groups attached to an aromatic ring is 1. The molecule has 82 valence electrons. The van der Waals surface area contributed by atoms with Crippen LogP contribution in [0.3, 0.4) is 0 Å². The first kappa shape index (κ1) is 10.6. The highest BCUT2D eigenvalue weighted by molar-refractivity contribution is 7.15. The van der Waals surface area contributed by atoms with Crippen LogP contribution in [0.2, 0.25) is 0 Å². The van der Waals surface area contributed by atoms with Crippen LogP contribution in [-0.2, 0) is 0 Å². The van der Waals surface area contributed by atoms with E-state index in [0.717, 1.165) is 5.56 Å². The third-order valence-corrected chi connectivity index (χ3v) is 3.03. The summed E-state index contributed by atoms with van der Waals surface area (Å²) >= 11 is 1.24. The average Bonchev–Trinajstić information content (AvgIpc) is 2.61. The number of halogens is 1. The summed E-state index contributed by atoms with van der Waals surface area (Å²) in [6.07, 6.45) is 0. The summed E-state index contributed by atoms with van der Waals surface area (Å²) in [6.45, 7) is 0. The maximum absolute atomic E-state index is 12.8. The Hall–Kier alpha value is -1.88. The third kappa shape index (κ3) is 1.77. The smallest absolute Gasteiger partial charge is 0.252 e. The summed E-state index contributed by atoms with van der Waals surface area (Å²) in [7, 11) is 0. The molecule has 1 heterocycles. The van der Waals surface area contributed by atoms with E-state index in [9.17, 15) is 9.18 Å². The molecule has 4 N–H and O–H groups in total. The lowest BCUT2D eigenvalue weighted by Crippen LogP contribution is -2.12. The molecule has 0 fully saturated rings. The lowest BCUT2D eigenvalue weighted by atomic mass is 10.0. The van der Waals surface area contributed by atoms with Gasteiger partial charge in [0, 0.05) is 10.9 Å². The lowest BCUT2D eigenvalue weighted by Gasteiger charge is -2.01. The minimum Gasteiger partial charge on any atom is -0.390 e. The SMILES string of the molecule is NC(=O)c1c(-c2ccc(F)cc2)csc1N. The molecule has 0 saturated carbocycles. The molecule has 2 aromatic rings. The second-order valence-corrected chi connectivity index (χ2v) is 4.17. The van der Waals surface area contributed by atoms with E-state index in [1.165, 1.54) is 23.5 Å². The average molecular weight is 236 g/mol. The van der Waals surface area contributed by atoms with Gasteiger partial charge >= 0.3 is 0 Å². The molecule has 0 saturated heterocycles. The van der Waals surface area contributed by atoms with Crippen LogP contribution in [0.5, 0.6) is 0 Å². The quantitative estimate of drug-likeness (QED) is 0.839. The molecule has 0 radical (unpaired) electrons. The zero-order valence-electron chi connectivity index (χ0n) is 8.24. The molecule has 0 aliphatic carbocycles. The normalized spacial score (nSPS) is 10.3. The van der Waals surface area contributed by atoms with Gasteiger partial charge in [-0.05, 0) is 17.7 Å². The zero-order chi connectivity index (χ0) is 11.7. The van der Waals surface area contributed by atoms with E-state index in [1.54, 1.807) is 17.5 Å². The van der Waals surface area contributed by atoms with Gasteiger partial charge in [-0.25, -0.2) is 4.39 Å². The molecule has 0 bridgehead atoms. The molecule has 1 aromatic carbocycles. The molecule has 3 nitrogen and oxygen atoms in total. The topological polar surface area (TPSA) is 69.1 Å². The van der Waals surface area contributed by atoms with E-state index in [2.05, 4.69) is 0 Å². The van der Waals surface area contributed by atoms with Crippen molar-refractivity contribution in [1.29, 1.82) is 0 Å². The predicted molar refractivity (Wildman–Crippen MR) is 62.6 cm³/mol. The number of hydrogen-bond acceptors (Lipinski definition) is 3. The molecular weight excluding hydrogens is 227 g/mol. The van der Waals surface area contributed by atoms with Gasteiger partial charge in [-0.2, -0.15) is 0 Å². The van der Waals surface area contributed by atoms with Gasteiger partial charge < -0.3 is 11.5 Å². The molecule has 2 rings (SSSR count). The van der Waals surface area contributed by atoms with Gasteiger partial charge in [0.05, 0.1) is 10.6 Å². The van der Waals surface area contributed by atoms with Crippen LogP contribution in [0.4, 0.5) is 9.39 Å². The molecule has 1 amide bonds. The van der Waals surface area contributed by atoms with Crippen LogP contribution >= 0.6 is 11.3 Å². The number of nitrogens with two attached hydrogens (primary N) is 2. The van der Waals surface area contributed by atoms with E-state index >= 15 is 0 Å². The molecule has 0 spiro atoms. The van der Waals surface area contributed by atoms with E-state index < -0.39 is 5.91 Å². The van der Waals surface area contributed by atoms with Gasteiger partial charge in [-0.15, -0.1) is 11.3 Å². The van der Waals surface area contributed by atoms with Crippen LogP contribution < -0.4 is 11.5 Å². The van der Waals surface area contributed by atoms with Crippen LogP contribution in [-0.4, -0.2) is 5.91 Å². The molecule has 0 aliphatic rings. The standard InChI is InChI=1S/C11H9FN2OS/c12-7-3-1-6(2-4-7)8-5-16-11(14)9(8)10(13)15/h1-5H,14H2,(H2,13,15). The van der Waals surface area contributed by atoms with Crippen molar-refractivity contribution in [3.63, 3.8) is 0 Å². The number of carbonyl (C=O) groups is 1. The summed E-state index contributed by atoms with van der Waals surface area (Å²) in [4.78, 5) is 11.2. The first-order valence-corrected chi connectivity index (χ1v) is 5.40. The third-order valence-electron chi connectivity index (χ3n) is 2.22. The maximum atomic E-state index is 12.8. The number of benzene rings is 1. The molecular formula is C11H9FN2OS. The number of primary amides is 1. The first-order chi connectivity index (χ1) is 7.59. The maximum Gasteiger partial charge on any atom is 0.252 e. The van der Waals surface area contributed by atoms with E-state index in [1.807, 2.05) is 0 Å². The summed E-state index contributed by atoms with van der Waals surface area (Å²) in [5.41, 5.74) is 12.6. The van der Waals surface area contributed by atoms with Crippen LogP contribution in [0, 0.1) is 5.82 Å². The second-order valence-electron chi connectivity index (χ2n) is 3.26. The van der Waals surface area contributed by atoms with Crippen LogP contribution in [0.15, 0.2) is 29.6 Å². The number of carbonyl (C=O) groups excluding carboxylic acids is 1. The summed E-state index contributed by atoms with van der Waals surface area (Å²) in [5.74, 6) is -0.898. The molecule has 5 heteroatoms. The van der Waals surface area contributed by atoms with Crippen LogP contribution in [0.25, 0.3) is 11.1 Å². The summed E-state index contributed by atoms with van der Waals surface area (Å²) in [6, 6.07) is 5.83. The number of anilines is 1. The van der Waals surface area contributed by atoms with Crippen molar-refractivity contribution in [2.45, 2.75) is 0 Å². The number of thiophene rings is 1. The zero-order valence-corrected chi connectivity index (χ0v) is 9.05. The van der Waals surface area contributed by atoms with Gasteiger partial charge in [0.1, 0.15) is 5.82 Å². The Balaban J connectivity index is 2.56. The Labute approximate surface area is 95.5 Å². The van der Waals surface area contributed by atoms with E-state index in [4.69, 9.17) is 11.5 Å². The minimum absolute atomic E-state index is 0.302. The highest BCUT2D eigenvalue weighted by Gasteiger charge is 2.15. The fourth-order valence-corrected chi connectivity index (χ4v) is 2.30. The summed E-state index contributed by atoms with van der Waals surface area (Å²) < 4.78 is 12.8. The second kappa shape index (κ2) is 3.94. The Morgan fingerprint density at radius 1 is 1.25 bits per heavy atom. The van der Waals surface area contributed by atoms with E-state index in [-0.39, 0.29) is 5.82 Å². The van der Waals surface area contributed by atoms with Crippen molar-refractivity contribution in [2.75, 3.05) is 5.73 Å². The van der Waals surface area contributed by atoms with Gasteiger partial charge in [-0.3, -0.25) is 4.79 Å². The molecule has 0 unspecified atom stereocenters. The number of hydrogen-bond donors (Lipinski definition) is 2. The highest BCUT2D eigenvalue weighted by atomic mass is 32.1. The predicted octanol–water partition coefficient (Wildman–Crippen LogP) is 2.24. The minimum atomic E-state index is -0.571. The Morgan fingerprint density at radius 2 is 1.88 bits per heavy atom. The molecule has 0 atom stereocenters. The van der Waals surface area contributed by atoms with Crippen LogP contribution in [0.1, 0.15) is 10.4 Å². The van der Waals surface area contributed by atoms with Crippen molar-refractivity contribution in [1.82, 2.24) is 0 Å².